The molecule has 0 radical (unpaired) electrons. The van der Waals surface area contributed by atoms with E-state index in [1.165, 1.54) is 21.7 Å². The highest BCUT2D eigenvalue weighted by atomic mass is 32.2. The first-order valence-electron chi connectivity index (χ1n) is 8.65. The van der Waals surface area contributed by atoms with Gasteiger partial charge < -0.3 is 10.2 Å². The van der Waals surface area contributed by atoms with Gasteiger partial charge in [-0.15, -0.1) is 11.3 Å². The van der Waals surface area contributed by atoms with Crippen LogP contribution < -0.4 is 5.32 Å². The zero-order valence-electron chi connectivity index (χ0n) is 14.7. The van der Waals surface area contributed by atoms with Crippen molar-refractivity contribution in [1.82, 2.24) is 9.21 Å². The minimum atomic E-state index is -3.67. The number of piperazine rings is 1. The Morgan fingerprint density at radius 1 is 1.19 bits per heavy atom. The third-order valence-corrected chi connectivity index (χ3v) is 7.79. The third kappa shape index (κ3) is 3.15. The summed E-state index contributed by atoms with van der Waals surface area (Å²) in [5.74, 6) is -0.548. The van der Waals surface area contributed by atoms with Gasteiger partial charge in [-0.3, -0.25) is 9.59 Å². The van der Waals surface area contributed by atoms with Gasteiger partial charge in [-0.05, 0) is 42.1 Å². The lowest BCUT2D eigenvalue weighted by Crippen LogP contribution is -2.50. The fraction of sp³-hybridized carbons (Fsp3) is 0.333. The number of thiophene rings is 1. The van der Waals surface area contributed by atoms with Crippen molar-refractivity contribution in [3.05, 3.63) is 46.2 Å². The van der Waals surface area contributed by atoms with Gasteiger partial charge in [0.15, 0.2) is 0 Å². The number of sulfonamides is 1. The number of hydrogen-bond donors (Lipinski definition) is 1. The molecule has 142 valence electrons. The van der Waals surface area contributed by atoms with E-state index in [1.54, 1.807) is 30.0 Å². The number of nitrogens with one attached hydrogen (secondary N) is 1. The van der Waals surface area contributed by atoms with E-state index >= 15 is 0 Å². The molecule has 27 heavy (non-hydrogen) atoms. The molecular weight excluding hydrogens is 386 g/mol. The van der Waals surface area contributed by atoms with Gasteiger partial charge in [0.05, 0.1) is 15.7 Å². The Hall–Kier alpha value is -2.23. The summed E-state index contributed by atoms with van der Waals surface area (Å²) in [5.41, 5.74) is 1.37. The Morgan fingerprint density at radius 2 is 1.93 bits per heavy atom. The smallest absolute Gasteiger partial charge is 0.264 e. The van der Waals surface area contributed by atoms with Crippen molar-refractivity contribution in [2.24, 2.45) is 0 Å². The quantitative estimate of drug-likeness (QED) is 0.846. The largest absolute Gasteiger partial charge is 0.335 e. The van der Waals surface area contributed by atoms with E-state index in [-0.39, 0.29) is 35.7 Å². The molecule has 9 heteroatoms. The van der Waals surface area contributed by atoms with Crippen LogP contribution in [0.1, 0.15) is 28.1 Å². The fourth-order valence-corrected chi connectivity index (χ4v) is 5.54. The van der Waals surface area contributed by atoms with Crippen LogP contribution in [0.2, 0.25) is 0 Å². The van der Waals surface area contributed by atoms with Gasteiger partial charge in [-0.2, -0.15) is 4.31 Å². The second-order valence-electron chi connectivity index (χ2n) is 6.63. The predicted molar refractivity (Wildman–Crippen MR) is 102 cm³/mol. The summed E-state index contributed by atoms with van der Waals surface area (Å²) in [5, 5.41) is 4.60. The summed E-state index contributed by atoms with van der Waals surface area (Å²) in [6.45, 7) is 2.98. The molecule has 0 saturated carbocycles. The Labute approximate surface area is 161 Å². The van der Waals surface area contributed by atoms with Crippen molar-refractivity contribution >= 4 is 38.9 Å². The standard InChI is InChI=1S/C18H19N3O4S2/c1-12-14-11-13(4-5-15(14)19-17(12)22)27(24,25)21-8-6-20(7-9-21)18(23)16-3-2-10-26-16/h2-5,10-12H,6-9H2,1H3,(H,19,22)/t12-/m0/s1. The second kappa shape index (κ2) is 6.74. The molecule has 2 aliphatic heterocycles. The molecule has 3 heterocycles. The molecule has 0 spiro atoms. The van der Waals surface area contributed by atoms with E-state index in [4.69, 9.17) is 0 Å². The highest BCUT2D eigenvalue weighted by molar-refractivity contribution is 7.89. The Bertz CT molecular complexity index is 994. The minimum Gasteiger partial charge on any atom is -0.335 e. The lowest BCUT2D eigenvalue weighted by Gasteiger charge is -2.33. The summed E-state index contributed by atoms with van der Waals surface area (Å²) in [7, 11) is -3.67. The lowest BCUT2D eigenvalue weighted by atomic mass is 10.0. The van der Waals surface area contributed by atoms with Gasteiger partial charge in [-0.25, -0.2) is 8.42 Å². The van der Waals surface area contributed by atoms with Crippen molar-refractivity contribution in [3.63, 3.8) is 0 Å². The van der Waals surface area contributed by atoms with Crippen LogP contribution in [0.15, 0.2) is 40.6 Å². The average molecular weight is 406 g/mol. The molecule has 1 aromatic carbocycles. The molecule has 1 N–H and O–H groups in total. The summed E-state index contributed by atoms with van der Waals surface area (Å²) < 4.78 is 27.4. The molecule has 0 aliphatic carbocycles. The van der Waals surface area contributed by atoms with Crippen molar-refractivity contribution in [1.29, 1.82) is 0 Å². The van der Waals surface area contributed by atoms with Crippen LogP contribution in [0, 0.1) is 0 Å². The van der Waals surface area contributed by atoms with Crippen molar-refractivity contribution in [2.45, 2.75) is 17.7 Å². The first kappa shape index (κ1) is 18.1. The predicted octanol–water partition coefficient (Wildman–Crippen LogP) is 1.95. The van der Waals surface area contributed by atoms with E-state index in [1.807, 2.05) is 11.4 Å². The number of amides is 2. The first-order valence-corrected chi connectivity index (χ1v) is 11.0. The summed E-state index contributed by atoms with van der Waals surface area (Å²) in [4.78, 5) is 26.7. The van der Waals surface area contributed by atoms with Crippen LogP contribution in [0.5, 0.6) is 0 Å². The van der Waals surface area contributed by atoms with Gasteiger partial charge in [-0.1, -0.05) is 6.07 Å². The second-order valence-corrected chi connectivity index (χ2v) is 9.52. The normalized spacial score (nSPS) is 20.4. The molecule has 1 aromatic heterocycles. The van der Waals surface area contributed by atoms with Crippen LogP contribution in [0.3, 0.4) is 0 Å². The van der Waals surface area contributed by atoms with Crippen molar-refractivity contribution < 1.29 is 18.0 Å². The van der Waals surface area contributed by atoms with Crippen molar-refractivity contribution in [3.8, 4) is 0 Å². The maximum absolute atomic E-state index is 13.0. The molecule has 0 bridgehead atoms. The number of carbonyl (C=O) groups is 2. The van der Waals surface area contributed by atoms with Gasteiger partial charge >= 0.3 is 0 Å². The number of benzene rings is 1. The van der Waals surface area contributed by atoms with E-state index < -0.39 is 10.0 Å². The molecule has 2 aromatic rings. The first-order chi connectivity index (χ1) is 12.9. The zero-order valence-corrected chi connectivity index (χ0v) is 16.3. The molecule has 1 fully saturated rings. The van der Waals surface area contributed by atoms with Gasteiger partial charge in [0.25, 0.3) is 5.91 Å². The number of anilines is 1. The number of nitrogens with zero attached hydrogens (tertiary/aromatic N) is 2. The molecule has 4 rings (SSSR count). The van der Waals surface area contributed by atoms with Crippen LogP contribution in [-0.4, -0.2) is 55.6 Å². The number of rotatable bonds is 3. The summed E-state index contributed by atoms with van der Waals surface area (Å²) in [6.07, 6.45) is 0. The fourth-order valence-electron chi connectivity index (χ4n) is 3.39. The number of hydrogen-bond acceptors (Lipinski definition) is 5. The van der Waals surface area contributed by atoms with E-state index in [0.29, 0.717) is 29.2 Å². The minimum absolute atomic E-state index is 0.0574. The van der Waals surface area contributed by atoms with Crippen LogP contribution in [-0.2, 0) is 14.8 Å². The van der Waals surface area contributed by atoms with Crippen LogP contribution >= 0.6 is 11.3 Å². The Morgan fingerprint density at radius 3 is 2.59 bits per heavy atom. The van der Waals surface area contributed by atoms with E-state index in [9.17, 15) is 18.0 Å². The number of carbonyl (C=O) groups excluding carboxylic acids is 2. The maximum atomic E-state index is 13.0. The highest BCUT2D eigenvalue weighted by Crippen LogP contribution is 2.34. The molecule has 0 unspecified atom stereocenters. The number of fused-ring (bicyclic) bond motifs is 1. The van der Waals surface area contributed by atoms with Crippen LogP contribution in [0.25, 0.3) is 0 Å². The van der Waals surface area contributed by atoms with Gasteiger partial charge in [0, 0.05) is 31.9 Å². The monoisotopic (exact) mass is 405 g/mol. The molecular formula is C18H19N3O4S2. The highest BCUT2D eigenvalue weighted by Gasteiger charge is 2.33. The zero-order chi connectivity index (χ0) is 19.2. The van der Waals surface area contributed by atoms with E-state index in [0.717, 1.165) is 0 Å². The van der Waals surface area contributed by atoms with Crippen molar-refractivity contribution in [2.75, 3.05) is 31.5 Å². The third-order valence-electron chi connectivity index (χ3n) is 5.04. The molecule has 1 atom stereocenters. The molecule has 7 nitrogen and oxygen atoms in total. The Balaban J connectivity index is 1.50. The average Bonchev–Trinajstić information content (AvgIpc) is 3.30. The summed E-state index contributed by atoms with van der Waals surface area (Å²) in [6, 6.07) is 8.34. The lowest BCUT2D eigenvalue weighted by molar-refractivity contribution is -0.116. The maximum Gasteiger partial charge on any atom is 0.264 e. The molecule has 1 saturated heterocycles. The topological polar surface area (TPSA) is 86.8 Å². The van der Waals surface area contributed by atoms with E-state index in [2.05, 4.69) is 5.32 Å². The van der Waals surface area contributed by atoms with Gasteiger partial charge in [0.1, 0.15) is 0 Å². The Kier molecular flexibility index (Phi) is 4.53. The van der Waals surface area contributed by atoms with Gasteiger partial charge in [0.2, 0.25) is 15.9 Å². The SMILES string of the molecule is C[C@@H]1C(=O)Nc2ccc(S(=O)(=O)N3CCN(C(=O)c4cccs4)CC3)cc21. The summed E-state index contributed by atoms with van der Waals surface area (Å²) >= 11 is 1.38. The van der Waals surface area contributed by atoms with Crippen LogP contribution in [0.4, 0.5) is 5.69 Å². The molecule has 2 aliphatic rings. The molecule has 2 amide bonds.